The predicted octanol–water partition coefficient (Wildman–Crippen LogP) is -0.571. The van der Waals surface area contributed by atoms with Gasteiger partial charge in [-0.1, -0.05) is 18.2 Å². The molecule has 0 spiro atoms. The first-order valence-corrected chi connectivity index (χ1v) is 5.95. The summed E-state index contributed by atoms with van der Waals surface area (Å²) >= 11 is 0. The predicted molar refractivity (Wildman–Crippen MR) is 71.5 cm³/mol. The number of ether oxygens (including phenoxy) is 1. The molecule has 0 saturated carbocycles. The molecular formula is C14H21IN2O. The molecule has 1 aromatic carbocycles. The highest BCUT2D eigenvalue weighted by Gasteiger charge is 2.15. The van der Waals surface area contributed by atoms with Gasteiger partial charge in [0, 0.05) is 22.9 Å². The monoisotopic (exact) mass is 360 g/mol. The highest BCUT2D eigenvalue weighted by molar-refractivity contribution is 5.85. The molecule has 1 aromatic heterocycles. The molecule has 4 heteroatoms. The summed E-state index contributed by atoms with van der Waals surface area (Å²) in [5, 5.41) is 1.28. The number of halogens is 1. The normalized spacial score (nSPS) is 11.3. The molecule has 0 aliphatic rings. The molecule has 2 rings (SSSR count). The molecule has 0 saturated heterocycles. The molecule has 0 radical (unpaired) electrons. The third-order valence-electron chi connectivity index (χ3n) is 3.01. The van der Waals surface area contributed by atoms with E-state index in [-0.39, 0.29) is 24.0 Å². The molecule has 1 heterocycles. The first-order chi connectivity index (χ1) is 8.01. The van der Waals surface area contributed by atoms with Crippen LogP contribution in [-0.4, -0.2) is 44.3 Å². The van der Waals surface area contributed by atoms with Crippen molar-refractivity contribution in [3.05, 3.63) is 29.8 Å². The van der Waals surface area contributed by atoms with Gasteiger partial charge >= 0.3 is 0 Å². The van der Waals surface area contributed by atoms with Crippen molar-refractivity contribution in [1.82, 2.24) is 4.98 Å². The van der Waals surface area contributed by atoms with Crippen LogP contribution in [0.1, 0.15) is 5.56 Å². The SMILES string of the molecule is COc1[nH]c2ccccc2c1CC[N+](C)(C)C.[I-]. The van der Waals surface area contributed by atoms with Crippen LogP contribution < -0.4 is 28.7 Å². The van der Waals surface area contributed by atoms with E-state index in [1.807, 2.05) is 6.07 Å². The number of benzene rings is 1. The molecule has 18 heavy (non-hydrogen) atoms. The summed E-state index contributed by atoms with van der Waals surface area (Å²) in [7, 11) is 8.35. The molecule has 0 aliphatic heterocycles. The standard InChI is InChI=1S/C14H21N2O.HI/c1-16(2,3)10-9-12-11-7-5-6-8-13(11)15-14(12)17-4;/h5-8,15H,9-10H2,1-4H3;1H/q+1;/p-1. The van der Waals surface area contributed by atoms with Crippen molar-refractivity contribution in [3.8, 4) is 5.88 Å². The van der Waals surface area contributed by atoms with Gasteiger partial charge in [-0.25, -0.2) is 0 Å². The zero-order chi connectivity index (χ0) is 12.5. The van der Waals surface area contributed by atoms with Crippen molar-refractivity contribution in [2.24, 2.45) is 0 Å². The van der Waals surface area contributed by atoms with E-state index >= 15 is 0 Å². The van der Waals surface area contributed by atoms with Gasteiger partial charge in [-0.15, -0.1) is 0 Å². The molecule has 0 amide bonds. The van der Waals surface area contributed by atoms with Gasteiger partial charge in [0.25, 0.3) is 0 Å². The lowest BCUT2D eigenvalue weighted by atomic mass is 10.1. The molecule has 0 unspecified atom stereocenters. The number of hydrogen-bond donors (Lipinski definition) is 1. The van der Waals surface area contributed by atoms with Crippen molar-refractivity contribution >= 4 is 10.9 Å². The van der Waals surface area contributed by atoms with E-state index in [2.05, 4.69) is 44.3 Å². The molecule has 2 aromatic rings. The van der Waals surface area contributed by atoms with E-state index < -0.39 is 0 Å². The van der Waals surface area contributed by atoms with Gasteiger partial charge in [-0.2, -0.15) is 0 Å². The van der Waals surface area contributed by atoms with Crippen LogP contribution in [0.4, 0.5) is 0 Å². The van der Waals surface area contributed by atoms with E-state index in [1.165, 1.54) is 10.9 Å². The Bertz CT molecular complexity index is 514. The highest BCUT2D eigenvalue weighted by Crippen LogP contribution is 2.28. The number of fused-ring (bicyclic) bond motifs is 1. The number of hydrogen-bond acceptors (Lipinski definition) is 1. The van der Waals surface area contributed by atoms with Gasteiger partial charge in [0.15, 0.2) is 5.88 Å². The first kappa shape index (κ1) is 15.3. The number of H-pyrrole nitrogens is 1. The Balaban J connectivity index is 0.00000162. The molecule has 0 atom stereocenters. The Morgan fingerprint density at radius 3 is 2.44 bits per heavy atom. The van der Waals surface area contributed by atoms with Crippen molar-refractivity contribution in [3.63, 3.8) is 0 Å². The van der Waals surface area contributed by atoms with Gasteiger partial charge in [0.2, 0.25) is 0 Å². The number of rotatable bonds is 4. The average molecular weight is 360 g/mol. The van der Waals surface area contributed by atoms with E-state index in [0.29, 0.717) is 0 Å². The average Bonchev–Trinajstić information content (AvgIpc) is 2.63. The number of nitrogens with one attached hydrogen (secondary N) is 1. The van der Waals surface area contributed by atoms with E-state index in [1.54, 1.807) is 7.11 Å². The maximum Gasteiger partial charge on any atom is 0.195 e. The van der Waals surface area contributed by atoms with E-state index in [9.17, 15) is 0 Å². The Morgan fingerprint density at radius 1 is 1.17 bits per heavy atom. The lowest BCUT2D eigenvalue weighted by molar-refractivity contribution is -0.870. The van der Waals surface area contributed by atoms with Gasteiger partial charge < -0.3 is 38.2 Å². The fourth-order valence-electron chi connectivity index (χ4n) is 2.04. The number of likely N-dealkylation sites (N-methyl/N-ethyl adjacent to an activating group) is 1. The summed E-state index contributed by atoms with van der Waals surface area (Å²) in [4.78, 5) is 3.32. The maximum atomic E-state index is 5.43. The van der Waals surface area contributed by atoms with Crippen LogP contribution in [0, 0.1) is 0 Å². The molecule has 1 N–H and O–H groups in total. The molecule has 0 aliphatic carbocycles. The van der Waals surface area contributed by atoms with Crippen LogP contribution in [0.15, 0.2) is 24.3 Å². The van der Waals surface area contributed by atoms with Crippen LogP contribution in [0.5, 0.6) is 5.88 Å². The fourth-order valence-corrected chi connectivity index (χ4v) is 2.04. The van der Waals surface area contributed by atoms with Gasteiger partial charge in [-0.3, -0.25) is 0 Å². The van der Waals surface area contributed by atoms with Crippen LogP contribution in [0.2, 0.25) is 0 Å². The minimum absolute atomic E-state index is 0. The van der Waals surface area contributed by atoms with Crippen LogP contribution >= 0.6 is 0 Å². The quantitative estimate of drug-likeness (QED) is 0.574. The topological polar surface area (TPSA) is 25.0 Å². The molecule has 0 bridgehead atoms. The van der Waals surface area contributed by atoms with E-state index in [4.69, 9.17) is 4.74 Å². The van der Waals surface area contributed by atoms with Gasteiger partial charge in [0.05, 0.1) is 34.8 Å². The number of para-hydroxylation sites is 1. The third kappa shape index (κ3) is 3.38. The summed E-state index contributed by atoms with van der Waals surface area (Å²) in [6, 6.07) is 8.36. The van der Waals surface area contributed by atoms with E-state index in [0.717, 1.165) is 28.8 Å². The zero-order valence-corrected chi connectivity index (χ0v) is 13.6. The second kappa shape index (κ2) is 5.93. The second-order valence-corrected chi connectivity index (χ2v) is 5.45. The van der Waals surface area contributed by atoms with Gasteiger partial charge in [-0.05, 0) is 6.07 Å². The summed E-state index contributed by atoms with van der Waals surface area (Å²) in [6.07, 6.45) is 1.02. The minimum atomic E-state index is 0. The molecular weight excluding hydrogens is 339 g/mol. The Hall–Kier alpha value is -0.750. The molecule has 0 fully saturated rings. The summed E-state index contributed by atoms with van der Waals surface area (Å²) in [5.41, 5.74) is 2.44. The van der Waals surface area contributed by atoms with Crippen molar-refractivity contribution in [1.29, 1.82) is 0 Å². The Labute approximate surface area is 126 Å². The van der Waals surface area contributed by atoms with Crippen molar-refractivity contribution < 1.29 is 33.2 Å². The largest absolute Gasteiger partial charge is 1.00 e. The number of quaternary nitrogens is 1. The van der Waals surface area contributed by atoms with Crippen LogP contribution in [0.25, 0.3) is 10.9 Å². The van der Waals surface area contributed by atoms with Crippen LogP contribution in [-0.2, 0) is 6.42 Å². The first-order valence-electron chi connectivity index (χ1n) is 5.95. The maximum absolute atomic E-state index is 5.43. The van der Waals surface area contributed by atoms with Crippen molar-refractivity contribution in [2.75, 3.05) is 34.8 Å². The Morgan fingerprint density at radius 2 is 1.83 bits per heavy atom. The van der Waals surface area contributed by atoms with Crippen LogP contribution in [0.3, 0.4) is 0 Å². The lowest BCUT2D eigenvalue weighted by Crippen LogP contribution is -3.00. The summed E-state index contributed by atoms with van der Waals surface area (Å²) < 4.78 is 6.39. The number of nitrogens with zero attached hydrogens (tertiary/aromatic N) is 1. The minimum Gasteiger partial charge on any atom is -1.00 e. The Kier molecular flexibility index (Phi) is 5.04. The highest BCUT2D eigenvalue weighted by atomic mass is 127. The zero-order valence-electron chi connectivity index (χ0n) is 11.5. The smallest absolute Gasteiger partial charge is 0.195 e. The number of methoxy groups -OCH3 is 1. The number of aromatic nitrogens is 1. The lowest BCUT2D eigenvalue weighted by Gasteiger charge is -2.23. The molecule has 3 nitrogen and oxygen atoms in total. The third-order valence-corrected chi connectivity index (χ3v) is 3.01. The fraction of sp³-hybridized carbons (Fsp3) is 0.429. The second-order valence-electron chi connectivity index (χ2n) is 5.45. The number of aromatic amines is 1. The summed E-state index contributed by atoms with van der Waals surface area (Å²) in [6.45, 7) is 1.10. The van der Waals surface area contributed by atoms with Crippen molar-refractivity contribution in [2.45, 2.75) is 6.42 Å². The van der Waals surface area contributed by atoms with Gasteiger partial charge in [0.1, 0.15) is 0 Å². The molecule has 100 valence electrons. The summed E-state index contributed by atoms with van der Waals surface area (Å²) in [5.74, 6) is 0.902.